The maximum atomic E-state index is 5.62. The summed E-state index contributed by atoms with van der Waals surface area (Å²) in [5.41, 5.74) is 7.75. The molecule has 1 aliphatic heterocycles. The highest BCUT2D eigenvalue weighted by atomic mass is 79.9. The van der Waals surface area contributed by atoms with Crippen molar-refractivity contribution in [2.45, 2.75) is 0 Å². The molecule has 1 aromatic carbocycles. The SMILES string of the molecule is CN1CCN(c2ccc(C(N)=S)cc2Br)CC1. The Morgan fingerprint density at radius 3 is 2.47 bits per heavy atom. The van der Waals surface area contributed by atoms with E-state index in [1.165, 1.54) is 5.69 Å². The number of hydrogen-bond acceptors (Lipinski definition) is 3. The van der Waals surface area contributed by atoms with Gasteiger partial charge in [-0.15, -0.1) is 0 Å². The Balaban J connectivity index is 2.19. The minimum atomic E-state index is 0.440. The van der Waals surface area contributed by atoms with Gasteiger partial charge in [0, 0.05) is 36.2 Å². The molecule has 2 rings (SSSR count). The van der Waals surface area contributed by atoms with Gasteiger partial charge in [0.2, 0.25) is 0 Å². The van der Waals surface area contributed by atoms with E-state index in [4.69, 9.17) is 18.0 Å². The Morgan fingerprint density at radius 2 is 1.94 bits per heavy atom. The summed E-state index contributed by atoms with van der Waals surface area (Å²) in [6.45, 7) is 4.32. The molecule has 0 atom stereocenters. The number of nitrogens with two attached hydrogens (primary N) is 1. The number of benzene rings is 1. The topological polar surface area (TPSA) is 32.5 Å². The summed E-state index contributed by atoms with van der Waals surface area (Å²) in [5, 5.41) is 0. The van der Waals surface area contributed by atoms with Crippen LogP contribution in [0.4, 0.5) is 5.69 Å². The molecule has 0 saturated carbocycles. The zero-order chi connectivity index (χ0) is 12.4. The molecule has 5 heteroatoms. The predicted molar refractivity (Wildman–Crippen MR) is 79.7 cm³/mol. The monoisotopic (exact) mass is 313 g/mol. The summed E-state index contributed by atoms with van der Waals surface area (Å²) < 4.78 is 1.06. The van der Waals surface area contributed by atoms with Crippen molar-refractivity contribution >= 4 is 38.8 Å². The van der Waals surface area contributed by atoms with E-state index < -0.39 is 0 Å². The van der Waals surface area contributed by atoms with Gasteiger partial charge in [0.15, 0.2) is 0 Å². The van der Waals surface area contributed by atoms with Crippen molar-refractivity contribution in [3.63, 3.8) is 0 Å². The van der Waals surface area contributed by atoms with E-state index in [1.54, 1.807) is 0 Å². The van der Waals surface area contributed by atoms with Gasteiger partial charge in [-0.25, -0.2) is 0 Å². The van der Waals surface area contributed by atoms with Crippen molar-refractivity contribution in [3.05, 3.63) is 28.2 Å². The average Bonchev–Trinajstić information content (AvgIpc) is 2.30. The number of hydrogen-bond donors (Lipinski definition) is 1. The Kier molecular flexibility index (Phi) is 4.01. The van der Waals surface area contributed by atoms with Crippen LogP contribution in [-0.2, 0) is 0 Å². The molecule has 0 aromatic heterocycles. The third-order valence-corrected chi connectivity index (χ3v) is 3.95. The van der Waals surface area contributed by atoms with E-state index in [2.05, 4.69) is 38.8 Å². The first-order valence-corrected chi connectivity index (χ1v) is 6.81. The van der Waals surface area contributed by atoms with Gasteiger partial charge in [0.25, 0.3) is 0 Å². The molecule has 92 valence electrons. The third-order valence-electron chi connectivity index (χ3n) is 3.08. The van der Waals surface area contributed by atoms with Crippen LogP contribution in [0.5, 0.6) is 0 Å². The fourth-order valence-corrected chi connectivity index (χ4v) is 2.72. The van der Waals surface area contributed by atoms with Gasteiger partial charge in [0.05, 0.1) is 5.69 Å². The minimum absolute atomic E-state index is 0.440. The number of halogens is 1. The van der Waals surface area contributed by atoms with Crippen molar-refractivity contribution in [2.75, 3.05) is 38.1 Å². The van der Waals surface area contributed by atoms with E-state index in [1.807, 2.05) is 12.1 Å². The Bertz CT molecular complexity index is 428. The van der Waals surface area contributed by atoms with E-state index in [-0.39, 0.29) is 0 Å². The van der Waals surface area contributed by atoms with E-state index >= 15 is 0 Å². The standard InChI is InChI=1S/C12H16BrN3S/c1-15-4-6-16(7-5-15)11-3-2-9(12(14)17)8-10(11)13/h2-3,8H,4-7H2,1H3,(H2,14,17). The molecule has 0 radical (unpaired) electrons. The van der Waals surface area contributed by atoms with Gasteiger partial charge in [-0.1, -0.05) is 12.2 Å². The third kappa shape index (κ3) is 2.97. The molecular formula is C12H16BrN3S. The van der Waals surface area contributed by atoms with Gasteiger partial charge in [-0.2, -0.15) is 0 Å². The zero-order valence-corrected chi connectivity index (χ0v) is 12.2. The summed E-state index contributed by atoms with van der Waals surface area (Å²) in [5.74, 6) is 0. The highest BCUT2D eigenvalue weighted by molar-refractivity contribution is 9.10. The molecule has 0 unspecified atom stereocenters. The van der Waals surface area contributed by atoms with Gasteiger partial charge in [0.1, 0.15) is 4.99 Å². The molecule has 1 heterocycles. The van der Waals surface area contributed by atoms with Crippen LogP contribution in [0.15, 0.2) is 22.7 Å². The van der Waals surface area contributed by atoms with Crippen molar-refractivity contribution in [1.82, 2.24) is 4.90 Å². The van der Waals surface area contributed by atoms with Gasteiger partial charge < -0.3 is 15.5 Å². The molecule has 0 spiro atoms. The summed E-state index contributed by atoms with van der Waals surface area (Å²) in [6.07, 6.45) is 0. The molecule has 2 N–H and O–H groups in total. The van der Waals surface area contributed by atoms with Crippen LogP contribution in [0.2, 0.25) is 0 Å². The second-order valence-corrected chi connectivity index (χ2v) is 5.61. The molecule has 1 aromatic rings. The lowest BCUT2D eigenvalue weighted by Gasteiger charge is -2.34. The quantitative estimate of drug-likeness (QED) is 0.844. The maximum Gasteiger partial charge on any atom is 0.104 e. The fraction of sp³-hybridized carbons (Fsp3) is 0.417. The molecule has 0 amide bonds. The summed E-state index contributed by atoms with van der Waals surface area (Å²) in [6, 6.07) is 6.07. The number of piperazine rings is 1. The molecule has 0 aliphatic carbocycles. The van der Waals surface area contributed by atoms with Gasteiger partial charge in [-0.05, 0) is 41.2 Å². The smallest absolute Gasteiger partial charge is 0.104 e. The van der Waals surface area contributed by atoms with E-state index in [0.29, 0.717) is 4.99 Å². The van der Waals surface area contributed by atoms with Crippen LogP contribution < -0.4 is 10.6 Å². The largest absolute Gasteiger partial charge is 0.389 e. The molecule has 1 saturated heterocycles. The lowest BCUT2D eigenvalue weighted by Crippen LogP contribution is -2.44. The molecule has 1 fully saturated rings. The zero-order valence-electron chi connectivity index (χ0n) is 9.82. The van der Waals surface area contributed by atoms with Gasteiger partial charge >= 0.3 is 0 Å². The number of likely N-dealkylation sites (N-methyl/N-ethyl adjacent to an activating group) is 1. The van der Waals surface area contributed by atoms with Crippen LogP contribution in [0, 0.1) is 0 Å². The molecule has 3 nitrogen and oxygen atoms in total. The molecule has 0 bridgehead atoms. The number of nitrogens with zero attached hydrogens (tertiary/aromatic N) is 2. The number of anilines is 1. The summed E-state index contributed by atoms with van der Waals surface area (Å²) >= 11 is 8.57. The Morgan fingerprint density at radius 1 is 1.29 bits per heavy atom. The van der Waals surface area contributed by atoms with Crippen molar-refractivity contribution in [2.24, 2.45) is 5.73 Å². The lowest BCUT2D eigenvalue weighted by atomic mass is 10.2. The highest BCUT2D eigenvalue weighted by Crippen LogP contribution is 2.28. The van der Waals surface area contributed by atoms with E-state index in [0.717, 1.165) is 36.2 Å². The first-order valence-electron chi connectivity index (χ1n) is 5.61. The molecule has 17 heavy (non-hydrogen) atoms. The van der Waals surface area contributed by atoms with Crippen molar-refractivity contribution in [3.8, 4) is 0 Å². The van der Waals surface area contributed by atoms with Crippen molar-refractivity contribution < 1.29 is 0 Å². The second-order valence-electron chi connectivity index (χ2n) is 4.32. The molecule has 1 aliphatic rings. The van der Waals surface area contributed by atoms with Crippen LogP contribution in [0.1, 0.15) is 5.56 Å². The highest BCUT2D eigenvalue weighted by Gasteiger charge is 2.16. The van der Waals surface area contributed by atoms with Crippen LogP contribution in [0.25, 0.3) is 0 Å². The number of rotatable bonds is 2. The second kappa shape index (κ2) is 5.33. The lowest BCUT2D eigenvalue weighted by molar-refractivity contribution is 0.312. The summed E-state index contributed by atoms with van der Waals surface area (Å²) in [4.78, 5) is 5.16. The van der Waals surface area contributed by atoms with Crippen LogP contribution in [-0.4, -0.2) is 43.1 Å². The maximum absolute atomic E-state index is 5.62. The normalized spacial score (nSPS) is 17.2. The Labute approximate surface area is 116 Å². The van der Waals surface area contributed by atoms with E-state index in [9.17, 15) is 0 Å². The predicted octanol–water partition coefficient (Wildman–Crippen LogP) is 1.84. The first-order chi connectivity index (χ1) is 8.08. The summed E-state index contributed by atoms with van der Waals surface area (Å²) in [7, 11) is 2.16. The van der Waals surface area contributed by atoms with Crippen LogP contribution in [0.3, 0.4) is 0 Å². The van der Waals surface area contributed by atoms with Crippen LogP contribution >= 0.6 is 28.1 Å². The number of thiocarbonyl (C=S) groups is 1. The van der Waals surface area contributed by atoms with Crippen molar-refractivity contribution in [1.29, 1.82) is 0 Å². The fourth-order valence-electron chi connectivity index (χ4n) is 1.96. The van der Waals surface area contributed by atoms with Gasteiger partial charge in [-0.3, -0.25) is 0 Å². The minimum Gasteiger partial charge on any atom is -0.389 e. The molecular weight excluding hydrogens is 298 g/mol. The average molecular weight is 314 g/mol. The Hall–Kier alpha value is -0.650. The first kappa shape index (κ1) is 12.8.